The molecule has 2 aliphatic heterocycles. The Balaban J connectivity index is 1.08. The summed E-state index contributed by atoms with van der Waals surface area (Å²) in [6.07, 6.45) is 0.677. The van der Waals surface area contributed by atoms with Gasteiger partial charge in [0.25, 0.3) is 5.91 Å². The monoisotopic (exact) mass is 733 g/mol. The Labute approximate surface area is 298 Å². The van der Waals surface area contributed by atoms with E-state index in [0.717, 1.165) is 21.2 Å². The van der Waals surface area contributed by atoms with Crippen molar-refractivity contribution in [2.45, 2.75) is 29.5 Å². The van der Waals surface area contributed by atoms with Gasteiger partial charge in [0.2, 0.25) is 11.8 Å². The number of carbonyl (C=O) groups is 4. The van der Waals surface area contributed by atoms with Crippen LogP contribution in [-0.2, 0) is 19.1 Å². The van der Waals surface area contributed by atoms with Crippen molar-refractivity contribution < 1.29 is 33.0 Å². The van der Waals surface area contributed by atoms with E-state index in [2.05, 4.69) is 10.3 Å². The Hall–Kier alpha value is -4.46. The molecule has 10 nitrogen and oxygen atoms in total. The molecule has 3 heterocycles. The summed E-state index contributed by atoms with van der Waals surface area (Å²) in [5, 5.41) is 3.85. The zero-order valence-corrected chi connectivity index (χ0v) is 28.8. The summed E-state index contributed by atoms with van der Waals surface area (Å²) in [6.45, 7) is 1.64. The number of ether oxygens (including phenoxy) is 2. The molecule has 2 saturated carbocycles. The highest BCUT2D eigenvalue weighted by molar-refractivity contribution is 8.00. The van der Waals surface area contributed by atoms with Crippen LogP contribution in [-0.4, -0.2) is 47.1 Å². The van der Waals surface area contributed by atoms with Crippen LogP contribution in [0.1, 0.15) is 40.1 Å². The van der Waals surface area contributed by atoms with Crippen LogP contribution in [0.5, 0.6) is 5.75 Å². The minimum atomic E-state index is -0.552. The summed E-state index contributed by atoms with van der Waals surface area (Å²) < 4.78 is 24.9. The largest absolute Gasteiger partial charge is 0.483 e. The van der Waals surface area contributed by atoms with Gasteiger partial charge in [-0.1, -0.05) is 22.9 Å². The Morgan fingerprint density at radius 2 is 1.72 bits per heavy atom. The average molecular weight is 734 g/mol. The third kappa shape index (κ3) is 5.42. The summed E-state index contributed by atoms with van der Waals surface area (Å²) >= 11 is 9.23. The lowest BCUT2D eigenvalue weighted by atomic mass is 9.68. The SMILES string of the molecule is CCOC(=O)c1ccc(NC(=O)COc2ccc(Cl)cc2[C@H]2c3sc(=O)[nH]c3SC3C2[C@H]2C[C@@H]3C3C(=O)N(c4ccc(F)cc4)C(=O)C32)cc1. The Morgan fingerprint density at radius 3 is 2.44 bits per heavy atom. The maximum atomic E-state index is 14.0. The molecule has 3 fully saturated rings. The molecule has 2 aliphatic carbocycles. The van der Waals surface area contributed by atoms with E-state index in [1.165, 1.54) is 29.2 Å². The molecule has 1 saturated heterocycles. The molecule has 2 N–H and O–H groups in total. The van der Waals surface area contributed by atoms with Crippen molar-refractivity contribution in [1.29, 1.82) is 0 Å². The predicted octanol–water partition coefficient (Wildman–Crippen LogP) is 6.10. The van der Waals surface area contributed by atoms with E-state index in [1.807, 2.05) is 0 Å². The van der Waals surface area contributed by atoms with E-state index in [4.69, 9.17) is 21.1 Å². The van der Waals surface area contributed by atoms with Crippen LogP contribution in [0.2, 0.25) is 5.02 Å². The maximum Gasteiger partial charge on any atom is 0.338 e. The molecule has 4 aliphatic rings. The van der Waals surface area contributed by atoms with Crippen molar-refractivity contribution in [1.82, 2.24) is 4.98 Å². The maximum absolute atomic E-state index is 14.0. The van der Waals surface area contributed by atoms with Crippen molar-refractivity contribution in [2.24, 2.45) is 29.6 Å². The van der Waals surface area contributed by atoms with Gasteiger partial charge in [-0.05, 0) is 97.8 Å². The van der Waals surface area contributed by atoms with E-state index in [0.29, 0.717) is 39.7 Å². The van der Waals surface area contributed by atoms with Gasteiger partial charge in [-0.2, -0.15) is 0 Å². The third-order valence-electron chi connectivity index (χ3n) is 10.2. The molecule has 4 aromatic rings. The fourth-order valence-electron chi connectivity index (χ4n) is 8.35. The number of carbonyl (C=O) groups excluding carboxylic acids is 4. The summed E-state index contributed by atoms with van der Waals surface area (Å²) in [5.74, 6) is -3.39. The van der Waals surface area contributed by atoms with Crippen molar-refractivity contribution in [3.8, 4) is 5.75 Å². The quantitative estimate of drug-likeness (QED) is 0.164. The van der Waals surface area contributed by atoms with Crippen LogP contribution >= 0.6 is 34.7 Å². The highest BCUT2D eigenvalue weighted by Crippen LogP contribution is 2.69. The highest BCUT2D eigenvalue weighted by atomic mass is 35.5. The number of thioether (sulfide) groups is 1. The lowest BCUT2D eigenvalue weighted by Gasteiger charge is -2.43. The molecular weight excluding hydrogens is 705 g/mol. The second-order valence-electron chi connectivity index (χ2n) is 12.8. The van der Waals surface area contributed by atoms with E-state index >= 15 is 0 Å². The lowest BCUT2D eigenvalue weighted by Crippen LogP contribution is -2.42. The van der Waals surface area contributed by atoms with Gasteiger partial charge in [0.15, 0.2) is 6.61 Å². The second kappa shape index (κ2) is 12.7. The molecule has 0 spiro atoms. The highest BCUT2D eigenvalue weighted by Gasteiger charge is 2.70. The smallest absolute Gasteiger partial charge is 0.338 e. The molecule has 0 radical (unpaired) electrons. The Kier molecular flexibility index (Phi) is 8.31. The number of rotatable bonds is 8. The van der Waals surface area contributed by atoms with Crippen LogP contribution < -0.4 is 19.8 Å². The van der Waals surface area contributed by atoms with E-state index < -0.39 is 35.4 Å². The molecule has 4 unspecified atom stereocenters. The van der Waals surface area contributed by atoms with Crippen molar-refractivity contribution in [2.75, 3.05) is 23.4 Å². The first-order chi connectivity index (χ1) is 24.1. The Bertz CT molecular complexity index is 2100. The van der Waals surface area contributed by atoms with Gasteiger partial charge in [-0.3, -0.25) is 24.1 Å². The van der Waals surface area contributed by atoms with Gasteiger partial charge >= 0.3 is 10.8 Å². The minimum Gasteiger partial charge on any atom is -0.483 e. The summed E-state index contributed by atoms with van der Waals surface area (Å²) in [4.78, 5) is 70.4. The van der Waals surface area contributed by atoms with Crippen LogP contribution in [0.3, 0.4) is 0 Å². The molecule has 50 heavy (non-hydrogen) atoms. The second-order valence-corrected chi connectivity index (χ2v) is 15.4. The number of halogens is 2. The molecule has 1 aromatic heterocycles. The number of nitrogens with one attached hydrogen (secondary N) is 2. The number of aromatic nitrogens is 1. The van der Waals surface area contributed by atoms with Crippen molar-refractivity contribution in [3.63, 3.8) is 0 Å². The lowest BCUT2D eigenvalue weighted by molar-refractivity contribution is -0.123. The molecule has 256 valence electrons. The normalized spacial score (nSPS) is 26.0. The molecule has 3 aromatic carbocycles. The first-order valence-electron chi connectivity index (χ1n) is 16.1. The number of amides is 3. The van der Waals surface area contributed by atoms with Gasteiger partial charge in [-0.25, -0.2) is 9.18 Å². The molecule has 2 bridgehead atoms. The number of fused-ring (bicyclic) bond motifs is 9. The number of anilines is 2. The summed E-state index contributed by atoms with van der Waals surface area (Å²) in [5.41, 5.74) is 1.87. The molecule has 3 amide bonds. The number of hydrogen-bond acceptors (Lipinski definition) is 9. The first kappa shape index (κ1) is 32.7. The van der Waals surface area contributed by atoms with Crippen LogP contribution in [0.4, 0.5) is 15.8 Å². The zero-order valence-electron chi connectivity index (χ0n) is 26.4. The van der Waals surface area contributed by atoms with E-state index in [9.17, 15) is 28.4 Å². The van der Waals surface area contributed by atoms with Crippen LogP contribution in [0.25, 0.3) is 0 Å². The third-order valence-corrected chi connectivity index (χ3v) is 13.0. The van der Waals surface area contributed by atoms with E-state index in [-0.39, 0.29) is 52.9 Å². The Morgan fingerprint density at radius 1 is 1.00 bits per heavy atom. The van der Waals surface area contributed by atoms with Gasteiger partial charge < -0.3 is 19.8 Å². The van der Waals surface area contributed by atoms with Crippen molar-refractivity contribution >= 4 is 69.8 Å². The zero-order chi connectivity index (χ0) is 34.8. The number of hydrogen-bond donors (Lipinski definition) is 2. The number of benzene rings is 3. The molecule has 7 atom stereocenters. The fraction of sp³-hybridized carbons (Fsp3) is 0.306. The van der Waals surface area contributed by atoms with Gasteiger partial charge in [0.1, 0.15) is 11.6 Å². The minimum absolute atomic E-state index is 0.0818. The summed E-state index contributed by atoms with van der Waals surface area (Å²) in [6, 6.07) is 16.8. The topological polar surface area (TPSA) is 135 Å². The number of aromatic amines is 1. The number of imide groups is 1. The molecule has 8 rings (SSSR count). The van der Waals surface area contributed by atoms with E-state index in [1.54, 1.807) is 61.2 Å². The standard InChI is InChI=1S/C36H29ClFN3O7S2/c1-2-47-35(45)16-3-8-19(9-4-16)39-25(42)15-48-24-12-5-17(37)13-21(24)26-27-22-14-23(30(27)49-32-31(26)50-36(46)40-32)29-28(22)33(43)41(34(29)44)20-10-6-18(38)7-11-20/h3-13,22-23,26-30H,2,14-15H2,1H3,(H,39,42)(H,40,46)/t22-,23-,26-,27?,28?,29?,30?/m1/s1. The fourth-order valence-corrected chi connectivity index (χ4v) is 11.4. The predicted molar refractivity (Wildman–Crippen MR) is 185 cm³/mol. The molecule has 14 heteroatoms. The number of thiazole rings is 1. The van der Waals surface area contributed by atoms with Crippen molar-refractivity contribution in [3.05, 3.63) is 103 Å². The first-order valence-corrected chi connectivity index (χ1v) is 18.2. The van der Waals surface area contributed by atoms with Gasteiger partial charge in [0, 0.05) is 32.3 Å². The number of esters is 1. The molecular formula is C36H29ClFN3O7S2. The number of H-pyrrole nitrogens is 1. The van der Waals surface area contributed by atoms with Gasteiger partial charge in [-0.15, -0.1) is 11.8 Å². The summed E-state index contributed by atoms with van der Waals surface area (Å²) in [7, 11) is 0. The average Bonchev–Trinajstić information content (AvgIpc) is 3.84. The van der Waals surface area contributed by atoms with Crippen LogP contribution in [0.15, 0.2) is 76.6 Å². The van der Waals surface area contributed by atoms with Gasteiger partial charge in [0.05, 0.1) is 34.7 Å². The number of nitrogens with zero attached hydrogens (tertiary/aromatic N) is 1. The van der Waals surface area contributed by atoms with Crippen LogP contribution in [0, 0.1) is 35.4 Å².